The number of rotatable bonds is 6. The van der Waals surface area contributed by atoms with E-state index < -0.39 is 0 Å². The predicted octanol–water partition coefficient (Wildman–Crippen LogP) is 3.33. The van der Waals surface area contributed by atoms with Crippen LogP contribution < -0.4 is 20.3 Å². The van der Waals surface area contributed by atoms with Gasteiger partial charge in [-0.2, -0.15) is 5.10 Å². The first-order chi connectivity index (χ1) is 13.5. The first-order valence-corrected chi connectivity index (χ1v) is 9.15. The van der Waals surface area contributed by atoms with Crippen LogP contribution in [0.15, 0.2) is 63.9 Å². The lowest BCUT2D eigenvalue weighted by atomic mass is 10.1. The van der Waals surface area contributed by atoms with Gasteiger partial charge in [0.15, 0.2) is 0 Å². The number of amides is 1. The fourth-order valence-corrected chi connectivity index (χ4v) is 3.02. The molecule has 0 aliphatic rings. The molecule has 144 valence electrons. The average Bonchev–Trinajstić information content (AvgIpc) is 2.69. The van der Waals surface area contributed by atoms with Gasteiger partial charge in [0.1, 0.15) is 18.0 Å². The summed E-state index contributed by atoms with van der Waals surface area (Å²) in [4.78, 5) is 24.5. The number of ether oxygens (including phenoxy) is 2. The SMILES string of the molecule is COc1ccc(OC)c(-c2ccc(=O)n(CC(=O)Nc3cccc(Br)c3)n2)c1. The molecule has 0 saturated heterocycles. The normalized spacial score (nSPS) is 10.4. The van der Waals surface area contributed by atoms with Crippen LogP contribution in [0.5, 0.6) is 11.5 Å². The Balaban J connectivity index is 1.88. The van der Waals surface area contributed by atoms with Crippen molar-refractivity contribution >= 4 is 27.5 Å². The van der Waals surface area contributed by atoms with Crippen molar-refractivity contribution in [2.75, 3.05) is 19.5 Å². The van der Waals surface area contributed by atoms with Crippen LogP contribution in [0.1, 0.15) is 0 Å². The smallest absolute Gasteiger partial charge is 0.267 e. The van der Waals surface area contributed by atoms with Gasteiger partial charge in [-0.3, -0.25) is 9.59 Å². The third kappa shape index (κ3) is 4.58. The van der Waals surface area contributed by atoms with Crippen molar-refractivity contribution in [2.45, 2.75) is 6.54 Å². The van der Waals surface area contributed by atoms with Gasteiger partial charge in [-0.05, 0) is 42.5 Å². The van der Waals surface area contributed by atoms with Gasteiger partial charge in [0, 0.05) is 21.8 Å². The second-order valence-corrected chi connectivity index (χ2v) is 6.75. The summed E-state index contributed by atoms with van der Waals surface area (Å²) >= 11 is 3.35. The molecule has 0 bridgehead atoms. The molecule has 2 aromatic carbocycles. The van der Waals surface area contributed by atoms with Crippen molar-refractivity contribution in [3.8, 4) is 22.8 Å². The summed E-state index contributed by atoms with van der Waals surface area (Å²) in [5.41, 5.74) is 1.39. The Hall–Kier alpha value is -3.13. The molecule has 0 aliphatic heterocycles. The minimum Gasteiger partial charge on any atom is -0.497 e. The number of hydrogen-bond acceptors (Lipinski definition) is 5. The molecule has 1 amide bonds. The van der Waals surface area contributed by atoms with Crippen molar-refractivity contribution in [3.05, 3.63) is 69.4 Å². The fourth-order valence-electron chi connectivity index (χ4n) is 2.62. The second-order valence-electron chi connectivity index (χ2n) is 5.84. The number of benzene rings is 2. The van der Waals surface area contributed by atoms with Crippen LogP contribution in [-0.2, 0) is 11.3 Å². The lowest BCUT2D eigenvalue weighted by Crippen LogP contribution is -2.29. The summed E-state index contributed by atoms with van der Waals surface area (Å²) in [7, 11) is 3.11. The Bertz CT molecular complexity index is 1070. The van der Waals surface area contributed by atoms with Gasteiger partial charge in [0.2, 0.25) is 5.91 Å². The summed E-state index contributed by atoms with van der Waals surface area (Å²) in [6.07, 6.45) is 0. The molecule has 3 rings (SSSR count). The van der Waals surface area contributed by atoms with E-state index in [2.05, 4.69) is 26.3 Å². The van der Waals surface area contributed by atoms with Crippen LogP contribution in [0, 0.1) is 0 Å². The molecule has 0 aliphatic carbocycles. The van der Waals surface area contributed by atoms with Crippen LogP contribution in [-0.4, -0.2) is 29.9 Å². The fraction of sp³-hybridized carbons (Fsp3) is 0.150. The molecule has 0 spiro atoms. The molecule has 1 N–H and O–H groups in total. The number of halogens is 1. The quantitative estimate of drug-likeness (QED) is 0.631. The lowest BCUT2D eigenvalue weighted by Gasteiger charge is -2.12. The van der Waals surface area contributed by atoms with Gasteiger partial charge in [-0.15, -0.1) is 0 Å². The largest absolute Gasteiger partial charge is 0.497 e. The second kappa shape index (κ2) is 8.71. The number of nitrogens with one attached hydrogen (secondary N) is 1. The van der Waals surface area contributed by atoms with Crippen molar-refractivity contribution in [2.24, 2.45) is 0 Å². The molecule has 7 nitrogen and oxygen atoms in total. The van der Waals surface area contributed by atoms with Crippen molar-refractivity contribution < 1.29 is 14.3 Å². The molecule has 28 heavy (non-hydrogen) atoms. The van der Waals surface area contributed by atoms with Gasteiger partial charge in [0.05, 0.1) is 19.9 Å². The first-order valence-electron chi connectivity index (χ1n) is 8.36. The Morgan fingerprint density at radius 1 is 1.11 bits per heavy atom. The van der Waals surface area contributed by atoms with Gasteiger partial charge in [0.25, 0.3) is 5.56 Å². The summed E-state index contributed by atoms with van der Waals surface area (Å²) in [6, 6.07) is 15.4. The number of aromatic nitrogens is 2. The van der Waals surface area contributed by atoms with Crippen LogP contribution in [0.2, 0.25) is 0 Å². The molecule has 3 aromatic rings. The summed E-state index contributed by atoms with van der Waals surface area (Å²) in [5.74, 6) is 0.849. The molecule has 0 unspecified atom stereocenters. The average molecular weight is 444 g/mol. The molecular formula is C20H18BrN3O4. The van der Waals surface area contributed by atoms with Crippen molar-refractivity contribution in [3.63, 3.8) is 0 Å². The maximum absolute atomic E-state index is 12.3. The Kier molecular flexibility index (Phi) is 6.10. The van der Waals surface area contributed by atoms with E-state index in [1.54, 1.807) is 56.7 Å². The van der Waals surface area contributed by atoms with E-state index in [-0.39, 0.29) is 18.0 Å². The Morgan fingerprint density at radius 3 is 2.64 bits per heavy atom. The molecule has 1 heterocycles. The molecule has 1 aromatic heterocycles. The topological polar surface area (TPSA) is 82.5 Å². The number of carbonyl (C=O) groups excluding carboxylic acids is 1. The maximum atomic E-state index is 12.3. The zero-order valence-electron chi connectivity index (χ0n) is 15.3. The minimum absolute atomic E-state index is 0.217. The Morgan fingerprint density at radius 2 is 1.93 bits per heavy atom. The monoisotopic (exact) mass is 443 g/mol. The van der Waals surface area contributed by atoms with E-state index in [0.717, 1.165) is 9.15 Å². The molecule has 0 radical (unpaired) electrons. The van der Waals surface area contributed by atoms with Crippen LogP contribution >= 0.6 is 15.9 Å². The number of carbonyl (C=O) groups is 1. The van der Waals surface area contributed by atoms with E-state index >= 15 is 0 Å². The molecular weight excluding hydrogens is 426 g/mol. The Labute approximate surface area is 170 Å². The molecule has 8 heteroatoms. The van der Waals surface area contributed by atoms with Gasteiger partial charge in [-0.25, -0.2) is 4.68 Å². The first kappa shape index (κ1) is 19.6. The number of anilines is 1. The van der Waals surface area contributed by atoms with Crippen molar-refractivity contribution in [1.82, 2.24) is 9.78 Å². The van der Waals surface area contributed by atoms with E-state index in [0.29, 0.717) is 28.4 Å². The number of nitrogens with zero attached hydrogens (tertiary/aromatic N) is 2. The van der Waals surface area contributed by atoms with Crippen LogP contribution in [0.25, 0.3) is 11.3 Å². The third-order valence-corrected chi connectivity index (χ3v) is 4.44. The van der Waals surface area contributed by atoms with E-state index in [4.69, 9.17) is 9.47 Å². The number of methoxy groups -OCH3 is 2. The molecule has 0 atom stereocenters. The molecule has 0 saturated carbocycles. The molecule has 0 fully saturated rings. The highest BCUT2D eigenvalue weighted by molar-refractivity contribution is 9.10. The number of hydrogen-bond donors (Lipinski definition) is 1. The summed E-state index contributed by atoms with van der Waals surface area (Å²) < 4.78 is 12.6. The van der Waals surface area contributed by atoms with Crippen molar-refractivity contribution in [1.29, 1.82) is 0 Å². The van der Waals surface area contributed by atoms with Gasteiger partial charge < -0.3 is 14.8 Å². The van der Waals surface area contributed by atoms with E-state index in [1.807, 2.05) is 6.07 Å². The summed E-state index contributed by atoms with van der Waals surface area (Å²) in [6.45, 7) is -0.217. The highest BCUT2D eigenvalue weighted by Gasteiger charge is 2.13. The van der Waals surface area contributed by atoms with Crippen LogP contribution in [0.4, 0.5) is 5.69 Å². The minimum atomic E-state index is -0.380. The maximum Gasteiger partial charge on any atom is 0.267 e. The summed E-state index contributed by atoms with van der Waals surface area (Å²) in [5, 5.41) is 7.07. The lowest BCUT2D eigenvalue weighted by molar-refractivity contribution is -0.117. The van der Waals surface area contributed by atoms with E-state index in [1.165, 1.54) is 6.07 Å². The third-order valence-electron chi connectivity index (χ3n) is 3.95. The van der Waals surface area contributed by atoms with Gasteiger partial charge >= 0.3 is 0 Å². The highest BCUT2D eigenvalue weighted by Crippen LogP contribution is 2.31. The standard InChI is InChI=1S/C20H18BrN3O4/c1-27-15-6-8-18(28-2)16(11-15)17-7-9-20(26)24(23-17)12-19(25)22-14-5-3-4-13(21)10-14/h3-11H,12H2,1-2H3,(H,22,25). The van der Waals surface area contributed by atoms with Gasteiger partial charge in [-0.1, -0.05) is 22.0 Å². The predicted molar refractivity (Wildman–Crippen MR) is 110 cm³/mol. The van der Waals surface area contributed by atoms with Crippen LogP contribution in [0.3, 0.4) is 0 Å². The highest BCUT2D eigenvalue weighted by atomic mass is 79.9. The van der Waals surface area contributed by atoms with E-state index in [9.17, 15) is 9.59 Å². The zero-order valence-corrected chi connectivity index (χ0v) is 16.9. The zero-order chi connectivity index (χ0) is 20.1.